The SMILES string of the molecule is CC(=O)NCCCCCC(=O)NCc1cccc(-c2ccc(C3OC(Cn4cnc5ccccc54)C(C)C(c4ccc(CO)cc4)O3)cc2)c1. The molecule has 1 aromatic heterocycles. The number of hydrogen-bond acceptors (Lipinski definition) is 6. The van der Waals surface area contributed by atoms with Crippen molar-refractivity contribution in [2.75, 3.05) is 6.54 Å². The van der Waals surface area contributed by atoms with Gasteiger partial charge in [0.1, 0.15) is 0 Å². The van der Waals surface area contributed by atoms with Crippen LogP contribution in [0.4, 0.5) is 0 Å². The molecule has 1 saturated heterocycles. The summed E-state index contributed by atoms with van der Waals surface area (Å²) in [4.78, 5) is 28.0. The van der Waals surface area contributed by atoms with E-state index in [2.05, 4.69) is 69.6 Å². The van der Waals surface area contributed by atoms with Gasteiger partial charge in [-0.1, -0.05) is 92.2 Å². The van der Waals surface area contributed by atoms with Crippen LogP contribution in [0.15, 0.2) is 103 Å². The highest BCUT2D eigenvalue weighted by Crippen LogP contribution is 2.42. The molecule has 260 valence electrons. The number of nitrogens with one attached hydrogen (secondary N) is 2. The zero-order valence-corrected chi connectivity index (χ0v) is 28.8. The topological polar surface area (TPSA) is 115 Å². The molecule has 2 heterocycles. The molecule has 0 radical (unpaired) electrons. The van der Waals surface area contributed by atoms with Crippen LogP contribution in [0.1, 0.15) is 74.2 Å². The van der Waals surface area contributed by atoms with E-state index >= 15 is 0 Å². The van der Waals surface area contributed by atoms with Gasteiger partial charge in [0.05, 0.1) is 42.7 Å². The Morgan fingerprint density at radius 3 is 2.38 bits per heavy atom. The molecule has 9 nitrogen and oxygen atoms in total. The standard InChI is InChI=1S/C41H46N4O5/c1-28-38(25-45-27-44-36-11-5-6-12-37(36)45)49-41(50-40(28)33-16-14-30(26-46)15-17-33)34-20-18-32(19-21-34)35-10-8-9-31(23-35)24-43-39(48)13-4-3-7-22-42-29(2)47/h5-6,8-12,14-21,23,27-28,38,40-41,46H,3-4,7,13,22,24-26H2,1-2H3,(H,42,47)(H,43,48). The Labute approximate surface area is 293 Å². The zero-order chi connectivity index (χ0) is 34.9. The maximum absolute atomic E-state index is 12.4. The third-order valence-corrected chi connectivity index (χ3v) is 9.41. The van der Waals surface area contributed by atoms with Crippen LogP contribution in [0.3, 0.4) is 0 Å². The fourth-order valence-corrected chi connectivity index (χ4v) is 6.51. The van der Waals surface area contributed by atoms with Crippen molar-refractivity contribution in [1.82, 2.24) is 20.2 Å². The van der Waals surface area contributed by atoms with Gasteiger partial charge in [0.2, 0.25) is 11.8 Å². The second-order valence-electron chi connectivity index (χ2n) is 13.1. The van der Waals surface area contributed by atoms with Gasteiger partial charge in [-0.15, -0.1) is 0 Å². The molecule has 6 rings (SSSR count). The Kier molecular flexibility index (Phi) is 11.7. The number of nitrogens with zero attached hydrogens (tertiary/aromatic N) is 2. The molecular formula is C41H46N4O5. The molecule has 1 aliphatic heterocycles. The van der Waals surface area contributed by atoms with E-state index in [1.54, 1.807) is 0 Å². The minimum atomic E-state index is -0.575. The van der Waals surface area contributed by atoms with Crippen LogP contribution in [0.25, 0.3) is 22.2 Å². The second kappa shape index (κ2) is 16.7. The predicted octanol–water partition coefficient (Wildman–Crippen LogP) is 7.00. The number of ether oxygens (including phenoxy) is 2. The number of hydrogen-bond donors (Lipinski definition) is 3. The molecule has 50 heavy (non-hydrogen) atoms. The minimum Gasteiger partial charge on any atom is -0.392 e. The highest BCUT2D eigenvalue weighted by atomic mass is 16.7. The lowest BCUT2D eigenvalue weighted by Crippen LogP contribution is -2.39. The number of unbranched alkanes of at least 4 members (excludes halogenated alkanes) is 2. The highest BCUT2D eigenvalue weighted by Gasteiger charge is 2.38. The van der Waals surface area contributed by atoms with Crippen LogP contribution in [0.5, 0.6) is 0 Å². The lowest BCUT2D eigenvalue weighted by Gasteiger charge is -2.41. The van der Waals surface area contributed by atoms with E-state index in [9.17, 15) is 14.7 Å². The summed E-state index contributed by atoms with van der Waals surface area (Å²) >= 11 is 0. The third-order valence-electron chi connectivity index (χ3n) is 9.41. The van der Waals surface area contributed by atoms with Crippen molar-refractivity contribution in [2.45, 2.75) is 77.7 Å². The summed E-state index contributed by atoms with van der Waals surface area (Å²) in [6.07, 6.45) is 3.98. The van der Waals surface area contributed by atoms with E-state index < -0.39 is 6.29 Å². The second-order valence-corrected chi connectivity index (χ2v) is 13.1. The number of rotatable bonds is 14. The van der Waals surface area contributed by atoms with Gasteiger partial charge >= 0.3 is 0 Å². The van der Waals surface area contributed by atoms with Gasteiger partial charge in [-0.25, -0.2) is 4.98 Å². The van der Waals surface area contributed by atoms with E-state index in [-0.39, 0.29) is 36.5 Å². The molecule has 3 N–H and O–H groups in total. The molecule has 5 aromatic rings. The quantitative estimate of drug-likeness (QED) is 0.109. The van der Waals surface area contributed by atoms with Crippen molar-refractivity contribution in [1.29, 1.82) is 0 Å². The van der Waals surface area contributed by atoms with Crippen molar-refractivity contribution in [3.8, 4) is 11.1 Å². The molecule has 0 bridgehead atoms. The molecule has 1 fully saturated rings. The van der Waals surface area contributed by atoms with Crippen molar-refractivity contribution in [3.05, 3.63) is 126 Å². The Balaban J connectivity index is 1.12. The lowest BCUT2D eigenvalue weighted by atomic mass is 9.90. The first-order chi connectivity index (χ1) is 24.4. The number of aliphatic hydroxyl groups excluding tert-OH is 1. The Hall–Kier alpha value is -4.83. The molecule has 4 aromatic carbocycles. The van der Waals surface area contributed by atoms with Crippen molar-refractivity contribution < 1.29 is 24.2 Å². The Bertz CT molecular complexity index is 1870. The lowest BCUT2D eigenvalue weighted by molar-refractivity contribution is -0.276. The Morgan fingerprint density at radius 2 is 1.60 bits per heavy atom. The van der Waals surface area contributed by atoms with Gasteiger partial charge in [0.25, 0.3) is 0 Å². The summed E-state index contributed by atoms with van der Waals surface area (Å²) in [5.74, 6) is 0.0524. The number of imidazole rings is 1. The van der Waals surface area contributed by atoms with Gasteiger partial charge in [-0.2, -0.15) is 0 Å². The van der Waals surface area contributed by atoms with E-state index in [0.29, 0.717) is 26.1 Å². The average Bonchev–Trinajstić information content (AvgIpc) is 3.55. The molecule has 0 aliphatic carbocycles. The van der Waals surface area contributed by atoms with Gasteiger partial charge < -0.3 is 29.8 Å². The predicted molar refractivity (Wildman–Crippen MR) is 194 cm³/mol. The van der Waals surface area contributed by atoms with Gasteiger partial charge in [0, 0.05) is 37.9 Å². The monoisotopic (exact) mass is 674 g/mol. The van der Waals surface area contributed by atoms with Crippen molar-refractivity contribution >= 4 is 22.8 Å². The molecule has 2 amide bonds. The van der Waals surface area contributed by atoms with Gasteiger partial charge in [-0.3, -0.25) is 9.59 Å². The van der Waals surface area contributed by atoms with Gasteiger partial charge in [0.15, 0.2) is 6.29 Å². The fourth-order valence-electron chi connectivity index (χ4n) is 6.51. The molecule has 0 saturated carbocycles. The molecular weight excluding hydrogens is 628 g/mol. The first-order valence-electron chi connectivity index (χ1n) is 17.5. The van der Waals surface area contributed by atoms with Crippen LogP contribution < -0.4 is 10.6 Å². The summed E-state index contributed by atoms with van der Waals surface area (Å²) in [6, 6.07) is 32.6. The van der Waals surface area contributed by atoms with Crippen LogP contribution in [0, 0.1) is 5.92 Å². The minimum absolute atomic E-state index is 0.00362. The number of carbonyl (C=O) groups is 2. The van der Waals surface area contributed by atoms with Crippen molar-refractivity contribution in [2.24, 2.45) is 5.92 Å². The van der Waals surface area contributed by atoms with Crippen LogP contribution >= 0.6 is 0 Å². The number of aliphatic hydroxyl groups is 1. The van der Waals surface area contributed by atoms with Crippen molar-refractivity contribution in [3.63, 3.8) is 0 Å². The van der Waals surface area contributed by atoms with E-state index in [1.807, 2.05) is 60.9 Å². The summed E-state index contributed by atoms with van der Waals surface area (Å²) in [6.45, 7) is 5.42. The number of para-hydroxylation sites is 2. The normalized spacial score (nSPS) is 18.9. The number of fused-ring (bicyclic) bond motifs is 1. The first-order valence-corrected chi connectivity index (χ1v) is 17.5. The largest absolute Gasteiger partial charge is 0.392 e. The van der Waals surface area contributed by atoms with Crippen LogP contribution in [-0.4, -0.2) is 39.1 Å². The molecule has 0 spiro atoms. The summed E-state index contributed by atoms with van der Waals surface area (Å²) < 4.78 is 15.6. The fraction of sp³-hybridized carbons (Fsp3) is 0.341. The third kappa shape index (κ3) is 8.84. The van der Waals surface area contributed by atoms with Crippen LogP contribution in [0.2, 0.25) is 0 Å². The Morgan fingerprint density at radius 1 is 0.820 bits per heavy atom. The average molecular weight is 675 g/mol. The number of aromatic nitrogens is 2. The molecule has 9 heteroatoms. The van der Waals surface area contributed by atoms with Crippen LogP contribution in [-0.2, 0) is 38.8 Å². The maximum atomic E-state index is 12.4. The van der Waals surface area contributed by atoms with E-state index in [0.717, 1.165) is 63.7 Å². The maximum Gasteiger partial charge on any atom is 0.220 e. The molecule has 1 aliphatic rings. The smallest absolute Gasteiger partial charge is 0.220 e. The number of amides is 2. The summed E-state index contributed by atoms with van der Waals surface area (Å²) in [7, 11) is 0. The molecule has 4 atom stereocenters. The van der Waals surface area contributed by atoms with E-state index in [1.165, 1.54) is 6.92 Å². The zero-order valence-electron chi connectivity index (χ0n) is 28.8. The molecule has 4 unspecified atom stereocenters. The van der Waals surface area contributed by atoms with E-state index in [4.69, 9.17) is 9.47 Å². The van der Waals surface area contributed by atoms with Gasteiger partial charge in [-0.05, 0) is 58.9 Å². The summed E-state index contributed by atoms with van der Waals surface area (Å²) in [5, 5.41) is 15.4. The number of benzene rings is 4. The highest BCUT2D eigenvalue weighted by molar-refractivity contribution is 5.76. The summed E-state index contributed by atoms with van der Waals surface area (Å²) in [5.41, 5.74) is 8.01. The number of carbonyl (C=O) groups excluding carboxylic acids is 2. The first kappa shape index (κ1) is 35.0.